The summed E-state index contributed by atoms with van der Waals surface area (Å²) in [5.74, 6) is -0.197. The number of carbonyl (C=O) groups is 2. The molecule has 0 aliphatic rings. The number of methoxy groups -OCH3 is 1. The first kappa shape index (κ1) is 20.7. The summed E-state index contributed by atoms with van der Waals surface area (Å²) in [5.41, 5.74) is 1.03. The van der Waals surface area contributed by atoms with E-state index in [1.165, 1.54) is 25.6 Å². The molecule has 2 aromatic rings. The predicted octanol–water partition coefficient (Wildman–Crippen LogP) is 2.68. The van der Waals surface area contributed by atoms with E-state index >= 15 is 0 Å². The lowest BCUT2D eigenvalue weighted by Gasteiger charge is -2.11. The third-order valence-corrected chi connectivity index (χ3v) is 3.98. The largest absolute Gasteiger partial charge is 0.495 e. The van der Waals surface area contributed by atoms with Crippen LogP contribution in [0.1, 0.15) is 27.1 Å². The van der Waals surface area contributed by atoms with Gasteiger partial charge in [-0.15, -0.1) is 0 Å². The molecule has 8 heteroatoms. The zero-order valence-electron chi connectivity index (χ0n) is 15.6. The Bertz CT molecular complexity index is 811. The summed E-state index contributed by atoms with van der Waals surface area (Å²) in [6, 6.07) is 6.42. The molecule has 1 aromatic heterocycles. The Kier molecular flexibility index (Phi) is 7.57. The van der Waals surface area contributed by atoms with Gasteiger partial charge in [-0.2, -0.15) is 0 Å². The van der Waals surface area contributed by atoms with Crippen molar-refractivity contribution in [2.75, 3.05) is 39.6 Å². The molecule has 0 atom stereocenters. The number of hydrogen-bond donors (Lipinski definition) is 2. The minimum Gasteiger partial charge on any atom is -0.495 e. The van der Waals surface area contributed by atoms with Crippen molar-refractivity contribution in [2.24, 2.45) is 0 Å². The first-order valence-electron chi connectivity index (χ1n) is 8.43. The van der Waals surface area contributed by atoms with Crippen LogP contribution in [0.4, 0.5) is 5.69 Å². The van der Waals surface area contributed by atoms with Gasteiger partial charge < -0.3 is 20.3 Å². The number of pyridine rings is 1. The van der Waals surface area contributed by atoms with E-state index in [9.17, 15) is 9.59 Å². The maximum Gasteiger partial charge on any atom is 0.257 e. The molecule has 2 N–H and O–H groups in total. The second-order valence-electron chi connectivity index (χ2n) is 6.17. The molecule has 2 rings (SSSR count). The number of carbonyl (C=O) groups excluding carboxylic acids is 2. The number of ether oxygens (including phenoxy) is 1. The summed E-state index contributed by atoms with van der Waals surface area (Å²) in [6.07, 6.45) is 3.66. The topological polar surface area (TPSA) is 83.6 Å². The van der Waals surface area contributed by atoms with E-state index in [0.29, 0.717) is 28.6 Å². The Labute approximate surface area is 163 Å². The monoisotopic (exact) mass is 390 g/mol. The van der Waals surface area contributed by atoms with E-state index in [1.807, 2.05) is 19.0 Å². The van der Waals surface area contributed by atoms with Crippen molar-refractivity contribution in [1.82, 2.24) is 15.2 Å². The molecule has 0 bridgehead atoms. The normalized spacial score (nSPS) is 10.6. The van der Waals surface area contributed by atoms with Crippen LogP contribution in [0.25, 0.3) is 0 Å². The highest BCUT2D eigenvalue weighted by Crippen LogP contribution is 2.28. The number of halogens is 1. The predicted molar refractivity (Wildman–Crippen MR) is 106 cm³/mol. The average Bonchev–Trinajstić information content (AvgIpc) is 2.65. The zero-order valence-corrected chi connectivity index (χ0v) is 16.3. The van der Waals surface area contributed by atoms with Gasteiger partial charge in [0.1, 0.15) is 5.75 Å². The molecular weight excluding hydrogens is 368 g/mol. The van der Waals surface area contributed by atoms with E-state index < -0.39 is 5.91 Å². The molecule has 7 nitrogen and oxygen atoms in total. The highest BCUT2D eigenvalue weighted by atomic mass is 35.5. The second-order valence-corrected chi connectivity index (χ2v) is 6.61. The molecule has 144 valence electrons. The molecule has 0 unspecified atom stereocenters. The number of anilines is 1. The lowest BCUT2D eigenvalue weighted by molar-refractivity contribution is 0.0952. The second kappa shape index (κ2) is 9.89. The van der Waals surface area contributed by atoms with Gasteiger partial charge in [0, 0.05) is 24.0 Å². The van der Waals surface area contributed by atoms with E-state index in [-0.39, 0.29) is 11.5 Å². The summed E-state index contributed by atoms with van der Waals surface area (Å²) in [6.45, 7) is 1.43. The summed E-state index contributed by atoms with van der Waals surface area (Å²) in [7, 11) is 5.45. The van der Waals surface area contributed by atoms with Crippen LogP contribution >= 0.6 is 11.6 Å². The van der Waals surface area contributed by atoms with Crippen molar-refractivity contribution in [2.45, 2.75) is 6.42 Å². The summed E-state index contributed by atoms with van der Waals surface area (Å²) in [4.78, 5) is 30.8. The summed E-state index contributed by atoms with van der Waals surface area (Å²) < 4.78 is 5.21. The molecule has 0 saturated carbocycles. The maximum absolute atomic E-state index is 12.5. The van der Waals surface area contributed by atoms with Gasteiger partial charge in [0.05, 0.1) is 23.9 Å². The van der Waals surface area contributed by atoms with Crippen LogP contribution in [0.2, 0.25) is 5.02 Å². The van der Waals surface area contributed by atoms with Crippen LogP contribution in [0.5, 0.6) is 5.75 Å². The first-order chi connectivity index (χ1) is 12.9. The minimum atomic E-state index is -0.412. The highest BCUT2D eigenvalue weighted by molar-refractivity contribution is 6.31. The van der Waals surface area contributed by atoms with Gasteiger partial charge >= 0.3 is 0 Å². The Balaban J connectivity index is 2.05. The van der Waals surface area contributed by atoms with Gasteiger partial charge in [0.25, 0.3) is 11.8 Å². The average molecular weight is 391 g/mol. The molecule has 1 aromatic carbocycles. The molecule has 1 heterocycles. The van der Waals surface area contributed by atoms with Crippen molar-refractivity contribution < 1.29 is 14.3 Å². The molecule has 0 radical (unpaired) electrons. The van der Waals surface area contributed by atoms with Crippen molar-refractivity contribution in [3.05, 3.63) is 52.8 Å². The first-order valence-corrected chi connectivity index (χ1v) is 8.81. The fourth-order valence-corrected chi connectivity index (χ4v) is 2.53. The number of amides is 2. The van der Waals surface area contributed by atoms with Gasteiger partial charge in [-0.25, -0.2) is 0 Å². The number of hydrogen-bond acceptors (Lipinski definition) is 5. The van der Waals surface area contributed by atoms with E-state index in [2.05, 4.69) is 15.6 Å². The van der Waals surface area contributed by atoms with Crippen LogP contribution in [0.3, 0.4) is 0 Å². The van der Waals surface area contributed by atoms with Crippen molar-refractivity contribution in [3.63, 3.8) is 0 Å². The van der Waals surface area contributed by atoms with Gasteiger partial charge in [0.2, 0.25) is 0 Å². The van der Waals surface area contributed by atoms with Gasteiger partial charge in [-0.3, -0.25) is 14.6 Å². The van der Waals surface area contributed by atoms with Crippen molar-refractivity contribution >= 4 is 29.1 Å². The molecule has 0 fully saturated rings. The van der Waals surface area contributed by atoms with Crippen LogP contribution in [0, 0.1) is 0 Å². The lowest BCUT2D eigenvalue weighted by atomic mass is 10.1. The Morgan fingerprint density at radius 3 is 2.52 bits per heavy atom. The fourth-order valence-electron chi connectivity index (χ4n) is 2.36. The SMILES string of the molecule is COc1ccc(Cl)cc1NC(=O)c1cncc(C(=O)NCCCN(C)C)c1. The maximum atomic E-state index is 12.5. The highest BCUT2D eigenvalue weighted by Gasteiger charge is 2.13. The smallest absolute Gasteiger partial charge is 0.257 e. The van der Waals surface area contributed by atoms with Crippen molar-refractivity contribution in [1.29, 1.82) is 0 Å². The van der Waals surface area contributed by atoms with Gasteiger partial charge in [0.15, 0.2) is 0 Å². The van der Waals surface area contributed by atoms with Crippen LogP contribution < -0.4 is 15.4 Å². The van der Waals surface area contributed by atoms with Crippen molar-refractivity contribution in [3.8, 4) is 5.75 Å². The lowest BCUT2D eigenvalue weighted by Crippen LogP contribution is -2.27. The number of nitrogens with zero attached hydrogens (tertiary/aromatic N) is 2. The molecular formula is C19H23ClN4O3. The quantitative estimate of drug-likeness (QED) is 0.677. The third-order valence-electron chi connectivity index (χ3n) is 3.74. The molecule has 0 spiro atoms. The van der Waals surface area contributed by atoms with Crippen LogP contribution in [-0.2, 0) is 0 Å². The molecule has 2 amide bonds. The molecule has 0 saturated heterocycles. The zero-order chi connectivity index (χ0) is 19.8. The third kappa shape index (κ3) is 6.23. The number of rotatable bonds is 8. The summed E-state index contributed by atoms with van der Waals surface area (Å²) in [5, 5.41) is 6.01. The standard InChI is InChI=1S/C19H23ClN4O3/c1-24(2)8-4-7-22-18(25)13-9-14(12-21-11-13)19(26)23-16-10-15(20)5-6-17(16)27-3/h5-6,9-12H,4,7-8H2,1-3H3,(H,22,25)(H,23,26). The number of aromatic nitrogens is 1. The minimum absolute atomic E-state index is 0.262. The van der Waals surface area contributed by atoms with Gasteiger partial charge in [-0.1, -0.05) is 11.6 Å². The van der Waals surface area contributed by atoms with Crippen LogP contribution in [-0.4, -0.2) is 56.0 Å². The Morgan fingerprint density at radius 2 is 1.85 bits per heavy atom. The summed E-state index contributed by atoms with van der Waals surface area (Å²) >= 11 is 5.97. The molecule has 27 heavy (non-hydrogen) atoms. The Hall–Kier alpha value is -2.64. The van der Waals surface area contributed by atoms with Gasteiger partial charge in [-0.05, 0) is 51.3 Å². The van der Waals surface area contributed by atoms with E-state index in [1.54, 1.807) is 18.2 Å². The Morgan fingerprint density at radius 1 is 1.15 bits per heavy atom. The van der Waals surface area contributed by atoms with E-state index in [4.69, 9.17) is 16.3 Å². The van der Waals surface area contributed by atoms with Crippen LogP contribution in [0.15, 0.2) is 36.7 Å². The number of nitrogens with one attached hydrogen (secondary N) is 2. The van der Waals surface area contributed by atoms with E-state index in [0.717, 1.165) is 13.0 Å². The number of benzene rings is 1. The molecule has 0 aliphatic heterocycles. The fraction of sp³-hybridized carbons (Fsp3) is 0.316. The molecule has 0 aliphatic carbocycles.